The van der Waals surface area contributed by atoms with Gasteiger partial charge in [-0.05, 0) is 25.0 Å². The van der Waals surface area contributed by atoms with Crippen LogP contribution in [0.15, 0.2) is 12.1 Å². The van der Waals surface area contributed by atoms with Crippen LogP contribution < -0.4 is 11.1 Å². The van der Waals surface area contributed by atoms with Crippen molar-refractivity contribution in [3.63, 3.8) is 0 Å². The zero-order valence-corrected chi connectivity index (χ0v) is 9.93. The number of hydrogen-bond donors (Lipinski definition) is 2. The number of nitrogens with one attached hydrogen (secondary N) is 1. The van der Waals surface area contributed by atoms with Crippen LogP contribution in [0.25, 0.3) is 0 Å². The lowest BCUT2D eigenvalue weighted by Gasteiger charge is -2.09. The zero-order valence-electron chi connectivity index (χ0n) is 9.93. The van der Waals surface area contributed by atoms with E-state index < -0.39 is 11.6 Å². The Bertz CT molecular complexity index is 335. The second-order valence-electron chi connectivity index (χ2n) is 3.75. The molecular formula is C12H18F2N2O. The lowest BCUT2D eigenvalue weighted by atomic mass is 10.2. The minimum atomic E-state index is -0.669. The highest BCUT2D eigenvalue weighted by molar-refractivity contribution is 5.53. The standard InChI is InChI=1S/C12H18F2N2O/c1-2-5-17-6-3-4-16-12-10(13)7-9(15)8-11(12)14/h7-8,16H,2-6,15H2,1H3. The molecular weight excluding hydrogens is 226 g/mol. The molecule has 0 atom stereocenters. The average Bonchev–Trinajstić information content (AvgIpc) is 2.26. The van der Waals surface area contributed by atoms with Gasteiger partial charge >= 0.3 is 0 Å². The number of nitrogen functional groups attached to an aromatic ring is 1. The molecule has 5 heteroatoms. The maximum absolute atomic E-state index is 13.3. The van der Waals surface area contributed by atoms with Crippen LogP contribution in [0.1, 0.15) is 19.8 Å². The smallest absolute Gasteiger partial charge is 0.151 e. The van der Waals surface area contributed by atoms with Crippen molar-refractivity contribution in [2.45, 2.75) is 19.8 Å². The highest BCUT2D eigenvalue weighted by Crippen LogP contribution is 2.21. The molecule has 1 aromatic rings. The summed E-state index contributed by atoms with van der Waals surface area (Å²) in [7, 11) is 0. The molecule has 1 rings (SSSR count). The third kappa shape index (κ3) is 4.56. The first-order valence-electron chi connectivity index (χ1n) is 5.71. The van der Waals surface area contributed by atoms with Crippen LogP contribution in [0.2, 0.25) is 0 Å². The molecule has 0 aromatic heterocycles. The number of anilines is 2. The van der Waals surface area contributed by atoms with Gasteiger partial charge in [0.15, 0.2) is 11.6 Å². The first-order valence-corrected chi connectivity index (χ1v) is 5.71. The Hall–Kier alpha value is -1.36. The number of rotatable bonds is 7. The van der Waals surface area contributed by atoms with Gasteiger partial charge in [0.25, 0.3) is 0 Å². The molecule has 3 N–H and O–H groups in total. The van der Waals surface area contributed by atoms with Gasteiger partial charge in [-0.15, -0.1) is 0 Å². The minimum Gasteiger partial charge on any atom is -0.399 e. The normalized spacial score (nSPS) is 10.5. The minimum absolute atomic E-state index is 0.0804. The molecule has 3 nitrogen and oxygen atoms in total. The van der Waals surface area contributed by atoms with Crippen LogP contribution in [0.3, 0.4) is 0 Å². The van der Waals surface area contributed by atoms with Crippen molar-refractivity contribution in [2.75, 3.05) is 30.8 Å². The van der Waals surface area contributed by atoms with Crippen molar-refractivity contribution in [2.24, 2.45) is 0 Å². The van der Waals surface area contributed by atoms with Gasteiger partial charge in [-0.1, -0.05) is 6.92 Å². The quantitative estimate of drug-likeness (QED) is 0.572. The van der Waals surface area contributed by atoms with Gasteiger partial charge in [-0.3, -0.25) is 0 Å². The number of benzene rings is 1. The molecule has 0 radical (unpaired) electrons. The van der Waals surface area contributed by atoms with Crippen LogP contribution >= 0.6 is 0 Å². The van der Waals surface area contributed by atoms with Crippen molar-refractivity contribution >= 4 is 11.4 Å². The molecule has 0 fully saturated rings. The van der Waals surface area contributed by atoms with E-state index in [0.717, 1.165) is 18.6 Å². The van der Waals surface area contributed by atoms with Crippen LogP contribution in [-0.4, -0.2) is 19.8 Å². The molecule has 0 unspecified atom stereocenters. The van der Waals surface area contributed by atoms with E-state index in [1.165, 1.54) is 0 Å². The zero-order chi connectivity index (χ0) is 12.7. The summed E-state index contributed by atoms with van der Waals surface area (Å²) < 4.78 is 31.9. The molecule has 0 bridgehead atoms. The SMILES string of the molecule is CCCOCCCNc1c(F)cc(N)cc1F. The average molecular weight is 244 g/mol. The van der Waals surface area contributed by atoms with Crippen LogP contribution in [0.5, 0.6) is 0 Å². The van der Waals surface area contributed by atoms with Crippen molar-refractivity contribution in [3.05, 3.63) is 23.8 Å². The third-order valence-corrected chi connectivity index (χ3v) is 2.18. The van der Waals surface area contributed by atoms with Gasteiger partial charge in [0.05, 0.1) is 0 Å². The second kappa shape index (κ2) is 7.06. The number of hydrogen-bond acceptors (Lipinski definition) is 3. The van der Waals surface area contributed by atoms with Crippen molar-refractivity contribution < 1.29 is 13.5 Å². The molecule has 0 aliphatic carbocycles. The summed E-state index contributed by atoms with van der Waals surface area (Å²) >= 11 is 0. The van der Waals surface area contributed by atoms with E-state index in [4.69, 9.17) is 10.5 Å². The van der Waals surface area contributed by atoms with E-state index in [9.17, 15) is 8.78 Å². The molecule has 0 saturated carbocycles. The Labute approximate surface area is 100.0 Å². The fraction of sp³-hybridized carbons (Fsp3) is 0.500. The van der Waals surface area contributed by atoms with E-state index in [2.05, 4.69) is 5.32 Å². The van der Waals surface area contributed by atoms with Gasteiger partial charge in [0, 0.05) is 25.4 Å². The third-order valence-electron chi connectivity index (χ3n) is 2.18. The maximum atomic E-state index is 13.3. The molecule has 17 heavy (non-hydrogen) atoms. The van der Waals surface area contributed by atoms with Crippen molar-refractivity contribution in [1.82, 2.24) is 0 Å². The number of ether oxygens (including phenoxy) is 1. The Balaban J connectivity index is 2.36. The summed E-state index contributed by atoms with van der Waals surface area (Å²) in [4.78, 5) is 0. The fourth-order valence-electron chi connectivity index (χ4n) is 1.40. The molecule has 96 valence electrons. The molecule has 0 aliphatic rings. The van der Waals surface area contributed by atoms with E-state index in [1.807, 2.05) is 6.92 Å². The van der Waals surface area contributed by atoms with Crippen LogP contribution in [0.4, 0.5) is 20.2 Å². The predicted octanol–water partition coefficient (Wildman–Crippen LogP) is 2.78. The summed E-state index contributed by atoms with van der Waals surface area (Å²) in [6, 6.07) is 2.19. The van der Waals surface area contributed by atoms with Gasteiger partial charge < -0.3 is 15.8 Å². The van der Waals surface area contributed by atoms with Gasteiger partial charge in [-0.2, -0.15) is 0 Å². The molecule has 0 heterocycles. The first-order chi connectivity index (χ1) is 8.15. The molecule has 1 aromatic carbocycles. The van der Waals surface area contributed by atoms with E-state index in [0.29, 0.717) is 26.2 Å². The fourth-order valence-corrected chi connectivity index (χ4v) is 1.40. The highest BCUT2D eigenvalue weighted by Gasteiger charge is 2.09. The van der Waals surface area contributed by atoms with Crippen molar-refractivity contribution in [3.8, 4) is 0 Å². The number of halogens is 2. The molecule has 0 spiro atoms. The monoisotopic (exact) mass is 244 g/mol. The van der Waals surface area contributed by atoms with Crippen LogP contribution in [-0.2, 0) is 4.74 Å². The Kier molecular flexibility index (Phi) is 5.69. The lowest BCUT2D eigenvalue weighted by Crippen LogP contribution is -2.09. The molecule has 0 amide bonds. The van der Waals surface area contributed by atoms with Gasteiger partial charge in [0.1, 0.15) is 5.69 Å². The summed E-state index contributed by atoms with van der Waals surface area (Å²) in [5.74, 6) is -1.34. The summed E-state index contributed by atoms with van der Waals surface area (Å²) in [6.45, 7) is 3.78. The first kappa shape index (κ1) is 13.7. The summed E-state index contributed by atoms with van der Waals surface area (Å²) in [5.41, 5.74) is 5.26. The summed E-state index contributed by atoms with van der Waals surface area (Å²) in [5, 5.41) is 2.70. The topological polar surface area (TPSA) is 47.3 Å². The van der Waals surface area contributed by atoms with E-state index in [-0.39, 0.29) is 11.4 Å². The number of nitrogens with two attached hydrogens (primary N) is 1. The van der Waals surface area contributed by atoms with E-state index >= 15 is 0 Å². The Morgan fingerprint density at radius 2 is 1.88 bits per heavy atom. The Morgan fingerprint density at radius 1 is 1.24 bits per heavy atom. The maximum Gasteiger partial charge on any atom is 0.151 e. The van der Waals surface area contributed by atoms with Gasteiger partial charge in [0.2, 0.25) is 0 Å². The van der Waals surface area contributed by atoms with Crippen LogP contribution in [0, 0.1) is 11.6 Å². The predicted molar refractivity (Wildman–Crippen MR) is 65.0 cm³/mol. The summed E-state index contributed by atoms with van der Waals surface area (Å²) in [6.07, 6.45) is 1.66. The highest BCUT2D eigenvalue weighted by atomic mass is 19.1. The van der Waals surface area contributed by atoms with Gasteiger partial charge in [-0.25, -0.2) is 8.78 Å². The Morgan fingerprint density at radius 3 is 2.47 bits per heavy atom. The lowest BCUT2D eigenvalue weighted by molar-refractivity contribution is 0.134. The van der Waals surface area contributed by atoms with Crippen molar-refractivity contribution in [1.29, 1.82) is 0 Å². The second-order valence-corrected chi connectivity index (χ2v) is 3.75. The molecule has 0 saturated heterocycles. The molecule has 0 aliphatic heterocycles. The van der Waals surface area contributed by atoms with E-state index in [1.54, 1.807) is 0 Å². The largest absolute Gasteiger partial charge is 0.399 e.